The second kappa shape index (κ2) is 8.53. The molecule has 5 heteroatoms. The van der Waals surface area contributed by atoms with E-state index in [2.05, 4.69) is 18.3 Å². The topological polar surface area (TPSA) is 52.0 Å². The quantitative estimate of drug-likeness (QED) is 0.809. The zero-order valence-electron chi connectivity index (χ0n) is 15.6. The highest BCUT2D eigenvalue weighted by Gasteiger charge is 2.24. The number of para-hydroxylation sites is 2. The summed E-state index contributed by atoms with van der Waals surface area (Å²) in [6.45, 7) is 4.67. The Morgan fingerprint density at radius 3 is 2.48 bits per heavy atom. The van der Waals surface area contributed by atoms with Crippen molar-refractivity contribution in [3.05, 3.63) is 53.6 Å². The van der Waals surface area contributed by atoms with Gasteiger partial charge in [-0.05, 0) is 38.1 Å². The molecule has 0 radical (unpaired) electrons. The number of quaternary nitrogens is 1. The number of hydrogen-bond acceptors (Lipinski definition) is 3. The molecule has 0 aliphatic carbocycles. The summed E-state index contributed by atoms with van der Waals surface area (Å²) in [7, 11) is 5.27. The van der Waals surface area contributed by atoms with Crippen LogP contribution in [0.15, 0.2) is 42.5 Å². The molecule has 0 aliphatic heterocycles. The first-order valence-corrected chi connectivity index (χ1v) is 8.36. The van der Waals surface area contributed by atoms with Gasteiger partial charge in [0.1, 0.15) is 18.0 Å². The molecule has 0 heterocycles. The standard InChI is InChI=1S/C20H26N2O3/c1-14-10-11-18(24-4)16(12-14)13-22(3)15(2)20(23)21-17-8-6-7-9-19(17)25-5/h6-12,15H,13H2,1-5H3,(H,21,23)/p+1/t15-/m0/s1. The Kier molecular flexibility index (Phi) is 6.42. The molecular weight excluding hydrogens is 316 g/mol. The van der Waals surface area contributed by atoms with Crippen LogP contribution < -0.4 is 19.7 Å². The van der Waals surface area contributed by atoms with E-state index >= 15 is 0 Å². The predicted molar refractivity (Wildman–Crippen MR) is 99.4 cm³/mol. The van der Waals surface area contributed by atoms with Crippen molar-refractivity contribution in [2.75, 3.05) is 26.6 Å². The van der Waals surface area contributed by atoms with Gasteiger partial charge >= 0.3 is 0 Å². The molecule has 0 saturated carbocycles. The highest BCUT2D eigenvalue weighted by Crippen LogP contribution is 2.23. The van der Waals surface area contributed by atoms with Gasteiger partial charge in [-0.2, -0.15) is 0 Å². The highest BCUT2D eigenvalue weighted by molar-refractivity contribution is 5.94. The molecule has 0 fully saturated rings. The number of aryl methyl sites for hydroxylation is 1. The van der Waals surface area contributed by atoms with E-state index in [0.29, 0.717) is 18.0 Å². The van der Waals surface area contributed by atoms with E-state index in [-0.39, 0.29) is 11.9 Å². The summed E-state index contributed by atoms with van der Waals surface area (Å²) in [6.07, 6.45) is 0. The number of amides is 1. The molecule has 134 valence electrons. The number of ether oxygens (including phenoxy) is 2. The average Bonchev–Trinajstić information content (AvgIpc) is 2.61. The van der Waals surface area contributed by atoms with E-state index < -0.39 is 0 Å². The average molecular weight is 343 g/mol. The fourth-order valence-corrected chi connectivity index (χ4v) is 2.71. The number of carbonyl (C=O) groups is 1. The zero-order valence-corrected chi connectivity index (χ0v) is 15.6. The molecule has 25 heavy (non-hydrogen) atoms. The number of benzene rings is 2. The predicted octanol–water partition coefficient (Wildman–Crippen LogP) is 2.05. The third kappa shape index (κ3) is 4.73. The zero-order chi connectivity index (χ0) is 18.4. The molecule has 2 N–H and O–H groups in total. The van der Waals surface area contributed by atoms with Gasteiger partial charge in [-0.1, -0.05) is 23.8 Å². The fraction of sp³-hybridized carbons (Fsp3) is 0.350. The summed E-state index contributed by atoms with van der Waals surface area (Å²) in [6, 6.07) is 13.3. The van der Waals surface area contributed by atoms with Crippen molar-refractivity contribution in [2.24, 2.45) is 0 Å². The lowest BCUT2D eigenvalue weighted by molar-refractivity contribution is -0.907. The van der Waals surface area contributed by atoms with Gasteiger partial charge < -0.3 is 19.7 Å². The Labute approximate surface area is 149 Å². The number of anilines is 1. The normalized spacial score (nSPS) is 13.0. The second-order valence-corrected chi connectivity index (χ2v) is 6.25. The lowest BCUT2D eigenvalue weighted by atomic mass is 10.1. The maximum Gasteiger partial charge on any atom is 0.282 e. The molecule has 0 aromatic heterocycles. The largest absolute Gasteiger partial charge is 0.496 e. The minimum absolute atomic E-state index is 0.0476. The SMILES string of the molecule is COc1ccc(C)cc1C[NH+](C)[C@@H](C)C(=O)Nc1ccccc1OC. The number of carbonyl (C=O) groups excluding carboxylic acids is 1. The minimum atomic E-state index is -0.227. The van der Waals surface area contributed by atoms with Gasteiger partial charge in [-0.25, -0.2) is 0 Å². The van der Waals surface area contributed by atoms with E-state index in [9.17, 15) is 4.79 Å². The monoisotopic (exact) mass is 343 g/mol. The molecule has 2 atom stereocenters. The fourth-order valence-electron chi connectivity index (χ4n) is 2.71. The smallest absolute Gasteiger partial charge is 0.282 e. The molecular formula is C20H27N2O3+. The van der Waals surface area contributed by atoms with Gasteiger partial charge in [0.2, 0.25) is 0 Å². The summed E-state index contributed by atoms with van der Waals surface area (Å²) in [4.78, 5) is 13.7. The Morgan fingerprint density at radius 2 is 1.80 bits per heavy atom. The number of rotatable bonds is 7. The van der Waals surface area contributed by atoms with Gasteiger partial charge in [0.05, 0.1) is 27.0 Å². The van der Waals surface area contributed by atoms with Crippen LogP contribution in [-0.2, 0) is 11.3 Å². The Hall–Kier alpha value is -2.53. The van der Waals surface area contributed by atoms with Crippen LogP contribution in [0.2, 0.25) is 0 Å². The third-order valence-electron chi connectivity index (χ3n) is 4.40. The third-order valence-corrected chi connectivity index (χ3v) is 4.40. The highest BCUT2D eigenvalue weighted by atomic mass is 16.5. The summed E-state index contributed by atoms with van der Waals surface area (Å²) in [5.41, 5.74) is 2.95. The van der Waals surface area contributed by atoms with Gasteiger partial charge in [0.25, 0.3) is 5.91 Å². The van der Waals surface area contributed by atoms with Gasteiger partial charge in [-0.15, -0.1) is 0 Å². The van der Waals surface area contributed by atoms with Crippen LogP contribution in [0.25, 0.3) is 0 Å². The summed E-state index contributed by atoms with van der Waals surface area (Å²) < 4.78 is 10.7. The summed E-state index contributed by atoms with van der Waals surface area (Å²) in [5, 5.41) is 2.95. The first-order valence-electron chi connectivity index (χ1n) is 8.36. The van der Waals surface area contributed by atoms with Crippen molar-refractivity contribution >= 4 is 11.6 Å². The van der Waals surface area contributed by atoms with Crippen molar-refractivity contribution in [2.45, 2.75) is 26.4 Å². The number of likely N-dealkylation sites (N-methyl/N-ethyl adjacent to an activating group) is 1. The summed E-state index contributed by atoms with van der Waals surface area (Å²) in [5.74, 6) is 1.46. The maximum atomic E-state index is 12.6. The van der Waals surface area contributed by atoms with E-state index in [4.69, 9.17) is 9.47 Å². The van der Waals surface area contributed by atoms with Crippen LogP contribution >= 0.6 is 0 Å². The molecule has 1 amide bonds. The van der Waals surface area contributed by atoms with Crippen LogP contribution in [0.5, 0.6) is 11.5 Å². The molecule has 0 bridgehead atoms. The van der Waals surface area contributed by atoms with Crippen molar-refractivity contribution < 1.29 is 19.2 Å². The molecule has 0 saturated heterocycles. The Balaban J connectivity index is 2.07. The Morgan fingerprint density at radius 1 is 1.12 bits per heavy atom. The number of methoxy groups -OCH3 is 2. The lowest BCUT2D eigenvalue weighted by Gasteiger charge is -2.22. The van der Waals surface area contributed by atoms with E-state index in [1.165, 1.54) is 5.56 Å². The molecule has 2 aromatic carbocycles. The molecule has 5 nitrogen and oxygen atoms in total. The molecule has 2 rings (SSSR count). The lowest BCUT2D eigenvalue weighted by Crippen LogP contribution is -3.12. The molecule has 0 aliphatic rings. The van der Waals surface area contributed by atoms with Crippen molar-refractivity contribution in [3.8, 4) is 11.5 Å². The number of nitrogens with one attached hydrogen (secondary N) is 2. The first kappa shape index (κ1) is 18.8. The van der Waals surface area contributed by atoms with Crippen LogP contribution in [0, 0.1) is 6.92 Å². The second-order valence-electron chi connectivity index (χ2n) is 6.25. The summed E-state index contributed by atoms with van der Waals surface area (Å²) >= 11 is 0. The molecule has 2 aromatic rings. The Bertz CT molecular complexity index is 731. The van der Waals surface area contributed by atoms with E-state index in [1.54, 1.807) is 14.2 Å². The van der Waals surface area contributed by atoms with Crippen LogP contribution in [-0.4, -0.2) is 33.2 Å². The maximum absolute atomic E-state index is 12.6. The van der Waals surface area contributed by atoms with Crippen LogP contribution in [0.1, 0.15) is 18.1 Å². The minimum Gasteiger partial charge on any atom is -0.496 e. The van der Waals surface area contributed by atoms with Gasteiger partial charge in [0.15, 0.2) is 6.04 Å². The van der Waals surface area contributed by atoms with Crippen molar-refractivity contribution in [3.63, 3.8) is 0 Å². The van der Waals surface area contributed by atoms with Gasteiger partial charge in [0, 0.05) is 5.56 Å². The molecule has 0 spiro atoms. The number of hydrogen-bond donors (Lipinski definition) is 2. The van der Waals surface area contributed by atoms with E-state index in [1.807, 2.05) is 50.4 Å². The van der Waals surface area contributed by atoms with Crippen molar-refractivity contribution in [1.29, 1.82) is 0 Å². The van der Waals surface area contributed by atoms with Crippen LogP contribution in [0.4, 0.5) is 5.69 Å². The van der Waals surface area contributed by atoms with E-state index in [0.717, 1.165) is 16.2 Å². The van der Waals surface area contributed by atoms with Crippen molar-refractivity contribution in [1.82, 2.24) is 0 Å². The first-order chi connectivity index (χ1) is 12.0. The van der Waals surface area contributed by atoms with Gasteiger partial charge in [-0.3, -0.25) is 4.79 Å². The van der Waals surface area contributed by atoms with Crippen LogP contribution in [0.3, 0.4) is 0 Å². The molecule has 1 unspecified atom stereocenters.